The van der Waals surface area contributed by atoms with Crippen LogP contribution in [0.2, 0.25) is 0 Å². The third-order valence-electron chi connectivity index (χ3n) is 5.11. The van der Waals surface area contributed by atoms with Gasteiger partial charge in [0.05, 0.1) is 10.6 Å². The molecule has 0 fully saturated rings. The molecular formula is C25H28N4O4S3. The highest BCUT2D eigenvalue weighted by atomic mass is 32.2. The van der Waals surface area contributed by atoms with Crippen LogP contribution in [0.15, 0.2) is 76.5 Å². The second kappa shape index (κ2) is 12.8. The maximum atomic E-state index is 13.0. The molecule has 1 heterocycles. The van der Waals surface area contributed by atoms with E-state index in [2.05, 4.69) is 22.2 Å². The second-order valence-corrected chi connectivity index (χ2v) is 11.6. The Hall–Kier alpha value is -2.99. The van der Waals surface area contributed by atoms with Gasteiger partial charge in [-0.2, -0.15) is 4.31 Å². The van der Waals surface area contributed by atoms with Crippen LogP contribution in [0.25, 0.3) is 11.3 Å². The number of sulfonamides is 1. The predicted molar refractivity (Wildman–Crippen MR) is 146 cm³/mol. The maximum Gasteiger partial charge on any atom is 0.256 e. The quantitative estimate of drug-likeness (QED) is 0.257. The number of hydrogen-bond donors (Lipinski definition) is 2. The first-order valence-corrected chi connectivity index (χ1v) is 14.5. The fourth-order valence-electron chi connectivity index (χ4n) is 3.27. The highest BCUT2D eigenvalue weighted by Crippen LogP contribution is 2.37. The van der Waals surface area contributed by atoms with E-state index in [9.17, 15) is 18.0 Å². The van der Waals surface area contributed by atoms with Gasteiger partial charge in [0.2, 0.25) is 15.9 Å². The van der Waals surface area contributed by atoms with Gasteiger partial charge in [0.15, 0.2) is 4.34 Å². The summed E-state index contributed by atoms with van der Waals surface area (Å²) in [6.07, 6.45) is 1.61. The Morgan fingerprint density at radius 2 is 1.75 bits per heavy atom. The molecule has 0 aliphatic rings. The van der Waals surface area contributed by atoms with Crippen molar-refractivity contribution in [1.82, 2.24) is 14.6 Å². The molecule has 36 heavy (non-hydrogen) atoms. The molecule has 3 aromatic rings. The van der Waals surface area contributed by atoms with Crippen LogP contribution in [0.4, 0.5) is 5.00 Å². The van der Waals surface area contributed by atoms with Crippen molar-refractivity contribution in [1.29, 1.82) is 0 Å². The van der Waals surface area contributed by atoms with E-state index >= 15 is 0 Å². The number of rotatable bonds is 12. The molecule has 2 amide bonds. The van der Waals surface area contributed by atoms with Gasteiger partial charge in [0.25, 0.3) is 5.91 Å². The number of carbonyl (C=O) groups is 2. The molecule has 0 saturated carbocycles. The Balaban J connectivity index is 1.81. The summed E-state index contributed by atoms with van der Waals surface area (Å²) in [6, 6.07) is 15.3. The molecule has 0 unspecified atom stereocenters. The first-order valence-electron chi connectivity index (χ1n) is 11.3. The number of anilines is 1. The van der Waals surface area contributed by atoms with Crippen LogP contribution in [-0.2, 0) is 14.8 Å². The Bertz CT molecular complexity index is 1300. The number of thioether (sulfide) groups is 1. The topological polar surface area (TPSA) is 108 Å². The lowest BCUT2D eigenvalue weighted by Crippen LogP contribution is -2.30. The molecule has 8 nitrogen and oxygen atoms in total. The molecule has 0 saturated heterocycles. The highest BCUT2D eigenvalue weighted by molar-refractivity contribution is 8.01. The normalized spacial score (nSPS) is 11.3. The number of hydrogen-bond acceptors (Lipinski definition) is 7. The van der Waals surface area contributed by atoms with Gasteiger partial charge in [-0.25, -0.2) is 13.4 Å². The third kappa shape index (κ3) is 6.82. The van der Waals surface area contributed by atoms with Crippen molar-refractivity contribution in [3.05, 3.63) is 72.8 Å². The monoisotopic (exact) mass is 544 g/mol. The summed E-state index contributed by atoms with van der Waals surface area (Å²) in [7, 11) is -3.61. The zero-order valence-corrected chi connectivity index (χ0v) is 22.5. The van der Waals surface area contributed by atoms with Crippen LogP contribution in [0.1, 0.15) is 24.2 Å². The molecule has 0 aliphatic heterocycles. The fraction of sp³-hybridized carbons (Fsp3) is 0.240. The number of carbonyl (C=O) groups excluding carboxylic acids is 2. The van der Waals surface area contributed by atoms with Crippen LogP contribution in [0, 0.1) is 0 Å². The second-order valence-electron chi connectivity index (χ2n) is 7.47. The molecule has 0 radical (unpaired) electrons. The van der Waals surface area contributed by atoms with Gasteiger partial charge in [0, 0.05) is 30.8 Å². The summed E-state index contributed by atoms with van der Waals surface area (Å²) in [6.45, 7) is 8.26. The molecule has 2 N–H and O–H groups in total. The standard InChI is InChI=1S/C25H28N4O4S3/c1-4-16-26-21(30)17-34-25-27-22(18-10-8-7-9-11-18)24(35-25)28-23(31)19-12-14-20(15-13-19)36(32,33)29(5-2)6-3/h4,7-15H,1,5-6,16-17H2,2-3H3,(H,26,30)(H,28,31). The fourth-order valence-corrected chi connectivity index (χ4v) is 6.62. The number of amides is 2. The van der Waals surface area contributed by atoms with E-state index in [1.54, 1.807) is 19.9 Å². The summed E-state index contributed by atoms with van der Waals surface area (Å²) >= 11 is 2.56. The van der Waals surface area contributed by atoms with E-state index < -0.39 is 10.0 Å². The molecule has 11 heteroatoms. The third-order valence-corrected chi connectivity index (χ3v) is 9.29. The summed E-state index contributed by atoms with van der Waals surface area (Å²) in [5.41, 5.74) is 1.75. The van der Waals surface area contributed by atoms with E-state index in [-0.39, 0.29) is 22.5 Å². The van der Waals surface area contributed by atoms with Gasteiger partial charge < -0.3 is 10.6 Å². The van der Waals surface area contributed by atoms with Crippen LogP contribution < -0.4 is 10.6 Å². The summed E-state index contributed by atoms with van der Waals surface area (Å²) in [5, 5.41) is 6.16. The van der Waals surface area contributed by atoms with E-state index in [1.807, 2.05) is 30.3 Å². The lowest BCUT2D eigenvalue weighted by atomic mass is 10.1. The molecule has 2 aromatic carbocycles. The largest absolute Gasteiger partial charge is 0.352 e. The first kappa shape index (κ1) is 27.6. The minimum atomic E-state index is -3.61. The first-order chi connectivity index (χ1) is 17.3. The van der Waals surface area contributed by atoms with Crippen molar-refractivity contribution in [2.75, 3.05) is 30.7 Å². The van der Waals surface area contributed by atoms with Crippen molar-refractivity contribution in [2.45, 2.75) is 23.1 Å². The molecule has 0 spiro atoms. The van der Waals surface area contributed by atoms with E-state index in [0.29, 0.717) is 40.2 Å². The van der Waals surface area contributed by atoms with Crippen molar-refractivity contribution in [3.63, 3.8) is 0 Å². The number of thiazole rings is 1. The van der Waals surface area contributed by atoms with Crippen LogP contribution in [0.5, 0.6) is 0 Å². The van der Waals surface area contributed by atoms with Crippen molar-refractivity contribution in [2.24, 2.45) is 0 Å². The minimum Gasteiger partial charge on any atom is -0.352 e. The minimum absolute atomic E-state index is 0.137. The Morgan fingerprint density at radius 1 is 1.08 bits per heavy atom. The van der Waals surface area contributed by atoms with Gasteiger partial charge >= 0.3 is 0 Å². The molecule has 0 aliphatic carbocycles. The number of nitrogens with one attached hydrogen (secondary N) is 2. The average molecular weight is 545 g/mol. The van der Waals surface area contributed by atoms with Gasteiger partial charge in [-0.1, -0.05) is 73.4 Å². The van der Waals surface area contributed by atoms with Crippen molar-refractivity contribution >= 4 is 49.9 Å². The van der Waals surface area contributed by atoms with Crippen LogP contribution >= 0.6 is 23.1 Å². The van der Waals surface area contributed by atoms with E-state index in [0.717, 1.165) is 5.56 Å². The highest BCUT2D eigenvalue weighted by Gasteiger charge is 2.22. The van der Waals surface area contributed by atoms with Crippen molar-refractivity contribution in [3.8, 4) is 11.3 Å². The van der Waals surface area contributed by atoms with Crippen LogP contribution in [-0.4, -0.2) is 54.9 Å². The van der Waals surface area contributed by atoms with Gasteiger partial charge in [-0.05, 0) is 24.3 Å². The summed E-state index contributed by atoms with van der Waals surface area (Å²) in [4.78, 5) is 29.8. The van der Waals surface area contributed by atoms with E-state index in [1.165, 1.54) is 51.7 Å². The van der Waals surface area contributed by atoms with Gasteiger partial charge in [-0.3, -0.25) is 9.59 Å². The van der Waals surface area contributed by atoms with Gasteiger partial charge in [-0.15, -0.1) is 6.58 Å². The summed E-state index contributed by atoms with van der Waals surface area (Å²) < 4.78 is 27.4. The Kier molecular flexibility index (Phi) is 9.82. The number of aromatic nitrogens is 1. The van der Waals surface area contributed by atoms with Gasteiger partial charge in [0.1, 0.15) is 10.7 Å². The molecule has 1 aromatic heterocycles. The number of benzene rings is 2. The van der Waals surface area contributed by atoms with Crippen LogP contribution in [0.3, 0.4) is 0 Å². The maximum absolute atomic E-state index is 13.0. The lowest BCUT2D eigenvalue weighted by Gasteiger charge is -2.18. The van der Waals surface area contributed by atoms with E-state index in [4.69, 9.17) is 0 Å². The lowest BCUT2D eigenvalue weighted by molar-refractivity contribution is -0.118. The zero-order valence-electron chi connectivity index (χ0n) is 20.1. The molecule has 190 valence electrons. The number of nitrogens with zero attached hydrogens (tertiary/aromatic N) is 2. The average Bonchev–Trinajstić information content (AvgIpc) is 3.29. The SMILES string of the molecule is C=CCNC(=O)CSc1nc(-c2ccccc2)c(NC(=O)c2ccc(S(=O)(=O)N(CC)CC)cc2)s1. The molecular weight excluding hydrogens is 517 g/mol. The van der Waals surface area contributed by atoms with Crippen molar-refractivity contribution < 1.29 is 18.0 Å². The zero-order chi connectivity index (χ0) is 26.1. The smallest absolute Gasteiger partial charge is 0.256 e. The Morgan fingerprint density at radius 3 is 2.36 bits per heavy atom. The molecule has 0 atom stereocenters. The summed E-state index contributed by atoms with van der Waals surface area (Å²) in [5.74, 6) is -0.338. The molecule has 3 rings (SSSR count). The predicted octanol–water partition coefficient (Wildman–Crippen LogP) is 4.49. The molecule has 0 bridgehead atoms. The Labute approximate surface area is 219 Å².